The Labute approximate surface area is 537 Å². The fraction of sp³-hybridized carbons (Fsp3) is 0.0119. The summed E-state index contributed by atoms with van der Waals surface area (Å²) in [4.78, 5) is 13.7. The molecule has 0 amide bonds. The summed E-state index contributed by atoms with van der Waals surface area (Å²) in [6.07, 6.45) is 4.06. The molecule has 1 spiro atoms. The van der Waals surface area contributed by atoms with Crippen molar-refractivity contribution in [1.82, 2.24) is 28.2 Å². The second-order valence-corrected chi connectivity index (χ2v) is 24.7. The van der Waals surface area contributed by atoms with Gasteiger partial charge in [-0.15, -0.1) is 0 Å². The molecule has 8 heterocycles. The van der Waals surface area contributed by atoms with E-state index in [4.69, 9.17) is 19.4 Å². The number of anilines is 3. The van der Waals surface area contributed by atoms with Gasteiger partial charge in [0.05, 0.1) is 113 Å². The van der Waals surface area contributed by atoms with Gasteiger partial charge in [-0.1, -0.05) is 146 Å². The van der Waals surface area contributed by atoms with Crippen molar-refractivity contribution in [1.29, 1.82) is 5.26 Å². The highest BCUT2D eigenvalue weighted by Crippen LogP contribution is 2.64. The molecular formula is C84H48N8O2. The molecular weight excluding hydrogens is 1150 g/mol. The highest BCUT2D eigenvalue weighted by atomic mass is 16.5. The van der Waals surface area contributed by atoms with Crippen molar-refractivity contribution in [3.8, 4) is 63.2 Å². The lowest BCUT2D eigenvalue weighted by Crippen LogP contribution is -2.34. The molecule has 436 valence electrons. The van der Waals surface area contributed by atoms with Gasteiger partial charge < -0.3 is 32.6 Å². The number of nitriles is 1. The molecule has 0 N–H and O–H groups in total. The fourth-order valence-corrected chi connectivity index (χ4v) is 16.3. The molecule has 10 heteroatoms. The number of hydrogen-bond donors (Lipinski definition) is 0. The predicted octanol–water partition coefficient (Wildman–Crippen LogP) is 20.8. The molecule has 0 fully saturated rings. The van der Waals surface area contributed by atoms with Gasteiger partial charge in [-0.25, -0.2) is 0 Å². The van der Waals surface area contributed by atoms with Crippen LogP contribution in [-0.2, 0) is 5.41 Å². The van der Waals surface area contributed by atoms with Crippen LogP contribution in [0.1, 0.15) is 27.8 Å². The molecule has 0 saturated heterocycles. The van der Waals surface area contributed by atoms with E-state index in [1.807, 2.05) is 48.8 Å². The number of fused-ring (bicyclic) bond motifs is 23. The van der Waals surface area contributed by atoms with E-state index in [1.54, 1.807) is 0 Å². The molecule has 6 aromatic heterocycles. The average Bonchev–Trinajstić information content (AvgIpc) is 1.42. The van der Waals surface area contributed by atoms with E-state index >= 15 is 0 Å². The molecule has 0 radical (unpaired) electrons. The van der Waals surface area contributed by atoms with Crippen LogP contribution >= 0.6 is 0 Å². The van der Waals surface area contributed by atoms with Gasteiger partial charge in [0.2, 0.25) is 0 Å². The van der Waals surface area contributed by atoms with Crippen LogP contribution in [0.15, 0.2) is 291 Å². The quantitative estimate of drug-likeness (QED) is 0.171. The molecule has 0 saturated carbocycles. The number of rotatable bonds is 5. The summed E-state index contributed by atoms with van der Waals surface area (Å²) >= 11 is 0. The summed E-state index contributed by atoms with van der Waals surface area (Å²) in [6.45, 7) is 0. The molecule has 2 aliphatic heterocycles. The predicted molar refractivity (Wildman–Crippen MR) is 376 cm³/mol. The van der Waals surface area contributed by atoms with E-state index in [2.05, 4.69) is 272 Å². The zero-order valence-electron chi connectivity index (χ0n) is 50.1. The standard InChI is InChI=1S/C84H48N8O2/c85-47-50-36-40-73-61(42-50)59-22-6-12-29-71(59)92(73)76-32-17-35-79-81(76)84(63-39-37-52(46-80(63)94-79)88-70-28-11-5-23-60(70)62-43-51(38-41-72(62)88)89-74-30-13-15-33-77(74)93-78-34-16-14-31-75(78)89)64-44-53(90-66-24-7-1-18-55(66)56-19-2-8-25-67(56)90)48-86-82(64)83-65(84)45-54(49-87-83)91-68-26-9-3-20-57(68)58-21-4-10-27-69(58)91/h1-46,48-49H. The Morgan fingerprint density at radius 1 is 0.298 bits per heavy atom. The van der Waals surface area contributed by atoms with Crippen LogP contribution in [0.5, 0.6) is 23.0 Å². The molecule has 1 aliphatic carbocycles. The van der Waals surface area contributed by atoms with Crippen molar-refractivity contribution in [2.45, 2.75) is 5.41 Å². The van der Waals surface area contributed by atoms with Gasteiger partial charge in [-0.2, -0.15) is 5.26 Å². The maximum Gasteiger partial charge on any atom is 0.151 e. The molecule has 18 aromatic rings. The van der Waals surface area contributed by atoms with Crippen LogP contribution < -0.4 is 14.4 Å². The summed E-state index contributed by atoms with van der Waals surface area (Å²) in [6, 6.07) is 102. The van der Waals surface area contributed by atoms with Gasteiger partial charge in [0, 0.05) is 82.8 Å². The summed E-state index contributed by atoms with van der Waals surface area (Å²) in [5, 5.41) is 19.3. The van der Waals surface area contributed by atoms with Crippen LogP contribution in [0.3, 0.4) is 0 Å². The lowest BCUT2D eigenvalue weighted by Gasteiger charge is -2.40. The largest absolute Gasteiger partial charge is 0.457 e. The molecule has 10 nitrogen and oxygen atoms in total. The number of nitrogens with zero attached hydrogens (tertiary/aromatic N) is 8. The lowest BCUT2D eigenvalue weighted by atomic mass is 9.65. The normalized spacial score (nSPS) is 13.3. The Hall–Kier alpha value is -13.0. The number of aromatic nitrogens is 6. The van der Waals surface area contributed by atoms with E-state index in [9.17, 15) is 5.26 Å². The van der Waals surface area contributed by atoms with Crippen LogP contribution in [0.25, 0.3) is 121 Å². The van der Waals surface area contributed by atoms with Crippen molar-refractivity contribution < 1.29 is 9.47 Å². The number of ether oxygens (including phenoxy) is 2. The Morgan fingerprint density at radius 2 is 0.702 bits per heavy atom. The first-order chi connectivity index (χ1) is 46.6. The third-order valence-corrected chi connectivity index (χ3v) is 20.1. The van der Waals surface area contributed by atoms with Crippen molar-refractivity contribution in [3.05, 3.63) is 319 Å². The maximum absolute atomic E-state index is 10.4. The topological polar surface area (TPSA) is 91.0 Å². The average molecular weight is 1200 g/mol. The van der Waals surface area contributed by atoms with Crippen LogP contribution in [0.4, 0.5) is 17.1 Å². The second-order valence-electron chi connectivity index (χ2n) is 24.7. The molecule has 12 aromatic carbocycles. The minimum atomic E-state index is -1.16. The van der Waals surface area contributed by atoms with E-state index in [1.165, 1.54) is 0 Å². The zero-order valence-corrected chi connectivity index (χ0v) is 50.1. The molecule has 0 unspecified atom stereocenters. The monoisotopic (exact) mass is 1200 g/mol. The minimum absolute atomic E-state index is 0.596. The van der Waals surface area contributed by atoms with Gasteiger partial charge in [0.1, 0.15) is 11.5 Å². The number of hydrogen-bond acceptors (Lipinski definition) is 6. The van der Waals surface area contributed by atoms with Crippen molar-refractivity contribution in [2.75, 3.05) is 4.90 Å². The molecule has 0 atom stereocenters. The number of benzene rings is 12. The number of para-hydroxylation sites is 10. The second kappa shape index (κ2) is 18.8. The first-order valence-electron chi connectivity index (χ1n) is 31.7. The van der Waals surface area contributed by atoms with Gasteiger partial charge in [0.15, 0.2) is 11.5 Å². The van der Waals surface area contributed by atoms with E-state index in [-0.39, 0.29) is 0 Å². The van der Waals surface area contributed by atoms with Gasteiger partial charge in [0.25, 0.3) is 0 Å². The SMILES string of the molecule is N#Cc1ccc2c(c1)c1ccccc1n2-c1cccc2c1C1(c3ccc(-n4c5ccccc5c5cc(N6c7ccccc7Oc7ccccc76)ccc54)cc3O2)c2cc(-n3c4ccccc4c4ccccc43)cnc2-c2ncc(-n3c4ccccc4c4ccccc43)cc21. The van der Waals surface area contributed by atoms with Gasteiger partial charge in [-0.3, -0.25) is 9.97 Å². The van der Waals surface area contributed by atoms with Crippen LogP contribution in [0.2, 0.25) is 0 Å². The Balaban J connectivity index is 0.869. The zero-order chi connectivity index (χ0) is 61.5. The maximum atomic E-state index is 10.4. The highest BCUT2D eigenvalue weighted by Gasteiger charge is 2.55. The Kier molecular flexibility index (Phi) is 10.2. The van der Waals surface area contributed by atoms with Crippen LogP contribution in [-0.4, -0.2) is 28.2 Å². The molecule has 3 aliphatic rings. The molecule has 0 bridgehead atoms. The molecule has 21 rings (SSSR count). The third kappa shape index (κ3) is 6.70. The summed E-state index contributed by atoms with van der Waals surface area (Å²) in [5.74, 6) is 3.01. The van der Waals surface area contributed by atoms with Gasteiger partial charge in [-0.05, 0) is 127 Å². The molecule has 94 heavy (non-hydrogen) atoms. The fourth-order valence-electron chi connectivity index (χ4n) is 16.3. The van der Waals surface area contributed by atoms with Crippen molar-refractivity contribution >= 4 is 104 Å². The summed E-state index contributed by atoms with van der Waals surface area (Å²) in [7, 11) is 0. The first-order valence-corrected chi connectivity index (χ1v) is 31.7. The number of pyridine rings is 2. The van der Waals surface area contributed by atoms with Crippen LogP contribution in [0, 0.1) is 11.3 Å². The Bertz CT molecular complexity index is 6120. The van der Waals surface area contributed by atoms with E-state index in [0.29, 0.717) is 17.1 Å². The highest BCUT2D eigenvalue weighted by molar-refractivity contribution is 6.14. The van der Waals surface area contributed by atoms with Crippen molar-refractivity contribution in [3.63, 3.8) is 0 Å². The summed E-state index contributed by atoms with van der Waals surface area (Å²) < 4.78 is 23.7. The van der Waals surface area contributed by atoms with E-state index in [0.717, 1.165) is 172 Å². The lowest BCUT2D eigenvalue weighted by molar-refractivity contribution is 0.435. The summed E-state index contributed by atoms with van der Waals surface area (Å²) in [5.41, 5.74) is 20.0. The smallest absolute Gasteiger partial charge is 0.151 e. The Morgan fingerprint density at radius 3 is 1.24 bits per heavy atom. The third-order valence-electron chi connectivity index (χ3n) is 20.1. The minimum Gasteiger partial charge on any atom is -0.457 e. The van der Waals surface area contributed by atoms with Crippen molar-refractivity contribution in [2.24, 2.45) is 0 Å². The first kappa shape index (κ1) is 50.8. The van der Waals surface area contributed by atoms with E-state index < -0.39 is 5.41 Å². The van der Waals surface area contributed by atoms with Gasteiger partial charge >= 0.3 is 0 Å².